The van der Waals surface area contributed by atoms with Crippen molar-refractivity contribution in [3.63, 3.8) is 0 Å². The van der Waals surface area contributed by atoms with E-state index in [4.69, 9.17) is 9.84 Å². The van der Waals surface area contributed by atoms with E-state index >= 15 is 0 Å². The molecule has 4 heterocycles. The Labute approximate surface area is 166 Å². The highest BCUT2D eigenvalue weighted by atomic mass is 16.5. The van der Waals surface area contributed by atoms with Crippen molar-refractivity contribution < 1.29 is 9.53 Å². The Balaban J connectivity index is 1.42. The number of benzene rings is 1. The molecular weight excluding hydrogens is 352 g/mol. The number of alkyl carbamates (subject to hydrolysis) is 1. The third-order valence-corrected chi connectivity index (χ3v) is 6.06. The molecule has 1 amide bonds. The predicted molar refractivity (Wildman–Crippen MR) is 109 cm³/mol. The van der Waals surface area contributed by atoms with Gasteiger partial charge in [-0.25, -0.2) is 4.79 Å². The maximum atomic E-state index is 11.8. The molecule has 3 aliphatic rings. The lowest BCUT2D eigenvalue weighted by Crippen LogP contribution is -2.54. The van der Waals surface area contributed by atoms with Crippen molar-refractivity contribution >= 4 is 6.09 Å². The van der Waals surface area contributed by atoms with Gasteiger partial charge in [0.15, 0.2) is 0 Å². The Hall–Kier alpha value is -2.34. The number of rotatable bonds is 5. The molecule has 0 spiro atoms. The number of nitrogens with zero attached hydrogens (tertiary/aromatic N) is 3. The number of hydrogen-bond acceptors (Lipinski definition) is 4. The molecular formula is C22H30N4O2. The number of hydrogen-bond donors (Lipinski definition) is 1. The second-order valence-corrected chi connectivity index (χ2v) is 8.38. The van der Waals surface area contributed by atoms with Crippen molar-refractivity contribution in [2.24, 2.45) is 13.0 Å². The van der Waals surface area contributed by atoms with E-state index in [2.05, 4.69) is 52.3 Å². The molecule has 6 heteroatoms. The topological polar surface area (TPSA) is 59.4 Å². The van der Waals surface area contributed by atoms with E-state index in [1.807, 2.05) is 19.9 Å². The van der Waals surface area contributed by atoms with Crippen molar-refractivity contribution in [3.8, 4) is 11.3 Å². The smallest absolute Gasteiger partial charge is 0.407 e. The van der Waals surface area contributed by atoms with Crippen LogP contribution in [0.2, 0.25) is 0 Å². The molecule has 1 N–H and O–H groups in total. The number of amides is 1. The van der Waals surface area contributed by atoms with Crippen LogP contribution in [0.1, 0.15) is 38.3 Å². The molecule has 2 aromatic rings. The van der Waals surface area contributed by atoms with Gasteiger partial charge in [0.2, 0.25) is 0 Å². The van der Waals surface area contributed by atoms with Gasteiger partial charge in [-0.05, 0) is 45.2 Å². The number of ether oxygens (including phenoxy) is 1. The van der Waals surface area contributed by atoms with Crippen molar-refractivity contribution in [3.05, 3.63) is 42.1 Å². The Kier molecular flexibility index (Phi) is 5.40. The minimum absolute atomic E-state index is 0.101. The Morgan fingerprint density at radius 2 is 2.11 bits per heavy atom. The quantitative estimate of drug-likeness (QED) is 0.861. The van der Waals surface area contributed by atoms with Gasteiger partial charge in [-0.15, -0.1) is 0 Å². The van der Waals surface area contributed by atoms with Crippen LogP contribution in [0.5, 0.6) is 0 Å². The molecule has 1 aromatic carbocycles. The highest BCUT2D eigenvalue weighted by Gasteiger charge is 2.42. The van der Waals surface area contributed by atoms with Gasteiger partial charge in [0, 0.05) is 42.9 Å². The number of carbonyl (C=O) groups excluding carboxylic acids is 1. The number of carbonyl (C=O) groups is 1. The number of fused-ring (bicyclic) bond motifs is 3. The molecule has 0 aliphatic carbocycles. The first kappa shape index (κ1) is 19.0. The van der Waals surface area contributed by atoms with E-state index in [1.165, 1.54) is 12.1 Å². The normalized spacial score (nSPS) is 26.4. The molecule has 0 saturated carbocycles. The Morgan fingerprint density at radius 3 is 2.79 bits per heavy atom. The molecule has 1 aromatic heterocycles. The summed E-state index contributed by atoms with van der Waals surface area (Å²) < 4.78 is 7.51. The molecule has 28 heavy (non-hydrogen) atoms. The number of aromatic nitrogens is 2. The van der Waals surface area contributed by atoms with Crippen molar-refractivity contribution in [1.82, 2.24) is 20.0 Å². The fourth-order valence-corrected chi connectivity index (χ4v) is 4.67. The number of piperidine rings is 3. The van der Waals surface area contributed by atoms with Gasteiger partial charge in [-0.3, -0.25) is 9.58 Å². The van der Waals surface area contributed by atoms with Crippen LogP contribution in [0.15, 0.2) is 36.4 Å². The van der Waals surface area contributed by atoms with E-state index in [0.29, 0.717) is 24.5 Å². The van der Waals surface area contributed by atoms with E-state index in [9.17, 15) is 4.79 Å². The second kappa shape index (κ2) is 7.95. The summed E-state index contributed by atoms with van der Waals surface area (Å²) in [6.45, 7) is 6.45. The molecule has 3 aliphatic heterocycles. The Bertz CT molecular complexity index is 817. The van der Waals surface area contributed by atoms with E-state index < -0.39 is 0 Å². The average Bonchev–Trinajstić information content (AvgIpc) is 3.08. The molecule has 3 fully saturated rings. The van der Waals surface area contributed by atoms with Gasteiger partial charge in [-0.2, -0.15) is 5.10 Å². The number of nitrogens with one attached hydrogen (secondary N) is 1. The maximum Gasteiger partial charge on any atom is 0.407 e. The predicted octanol–water partition coefficient (Wildman–Crippen LogP) is 3.40. The lowest BCUT2D eigenvalue weighted by Gasteiger charge is -2.49. The summed E-state index contributed by atoms with van der Waals surface area (Å²) >= 11 is 0. The first-order chi connectivity index (χ1) is 13.5. The molecule has 2 bridgehead atoms. The van der Waals surface area contributed by atoms with E-state index in [-0.39, 0.29) is 12.1 Å². The van der Waals surface area contributed by atoms with Crippen molar-refractivity contribution in [1.29, 1.82) is 0 Å². The zero-order valence-corrected chi connectivity index (χ0v) is 17.0. The summed E-state index contributed by atoms with van der Waals surface area (Å²) in [7, 11) is 2.05. The minimum Gasteiger partial charge on any atom is -0.448 e. The van der Waals surface area contributed by atoms with Gasteiger partial charge in [0.25, 0.3) is 0 Å². The van der Waals surface area contributed by atoms with Crippen LogP contribution in [0.3, 0.4) is 0 Å². The molecule has 0 radical (unpaired) electrons. The monoisotopic (exact) mass is 382 g/mol. The second-order valence-electron chi connectivity index (χ2n) is 8.38. The van der Waals surface area contributed by atoms with Gasteiger partial charge in [-0.1, -0.05) is 30.3 Å². The van der Waals surface area contributed by atoms with Crippen LogP contribution in [-0.4, -0.2) is 52.6 Å². The largest absolute Gasteiger partial charge is 0.448 e. The van der Waals surface area contributed by atoms with Gasteiger partial charge in [0.1, 0.15) is 6.61 Å². The van der Waals surface area contributed by atoms with Crippen molar-refractivity contribution in [2.75, 3.05) is 19.7 Å². The van der Waals surface area contributed by atoms with Crippen LogP contribution >= 0.6 is 0 Å². The zero-order valence-electron chi connectivity index (χ0n) is 17.0. The summed E-state index contributed by atoms with van der Waals surface area (Å²) in [6.07, 6.45) is 1.96. The van der Waals surface area contributed by atoms with Crippen LogP contribution in [-0.2, 0) is 11.8 Å². The first-order valence-corrected chi connectivity index (χ1v) is 10.3. The summed E-state index contributed by atoms with van der Waals surface area (Å²) in [6, 6.07) is 13.0. The molecule has 1 unspecified atom stereocenters. The Morgan fingerprint density at radius 1 is 1.32 bits per heavy atom. The lowest BCUT2D eigenvalue weighted by atomic mass is 9.74. The summed E-state index contributed by atoms with van der Waals surface area (Å²) in [5.41, 5.74) is 3.51. The standard InChI is InChI=1S/C22H30N4O2/c1-15(2)23-22(27)28-14-18-11-17-9-10-26(18)13-19(17)21-12-20(24-25(21)3)16-7-5-4-6-8-16/h4-8,12,15,17-19H,9-11,13-14H2,1-3H3,(H,23,27)/t17-,18+,19-/m0/s1. The molecule has 150 valence electrons. The average molecular weight is 383 g/mol. The van der Waals surface area contributed by atoms with Crippen molar-refractivity contribution in [2.45, 2.75) is 44.7 Å². The zero-order chi connectivity index (χ0) is 19.7. The minimum atomic E-state index is -0.312. The maximum absolute atomic E-state index is 11.8. The summed E-state index contributed by atoms with van der Waals surface area (Å²) in [5, 5.41) is 7.56. The molecule has 5 rings (SSSR count). The molecule has 6 nitrogen and oxygen atoms in total. The van der Waals surface area contributed by atoms with Crippen LogP contribution in [0, 0.1) is 5.92 Å². The van der Waals surface area contributed by atoms with Crippen LogP contribution < -0.4 is 5.32 Å². The van der Waals surface area contributed by atoms with Gasteiger partial charge < -0.3 is 10.1 Å². The third kappa shape index (κ3) is 3.92. The fraction of sp³-hybridized carbons (Fsp3) is 0.545. The first-order valence-electron chi connectivity index (χ1n) is 10.3. The highest BCUT2D eigenvalue weighted by Crippen LogP contribution is 2.42. The summed E-state index contributed by atoms with van der Waals surface area (Å²) in [4.78, 5) is 14.3. The third-order valence-electron chi connectivity index (χ3n) is 6.06. The van der Waals surface area contributed by atoms with Gasteiger partial charge >= 0.3 is 6.09 Å². The van der Waals surface area contributed by atoms with Crippen LogP contribution in [0.4, 0.5) is 4.79 Å². The van der Waals surface area contributed by atoms with E-state index in [1.54, 1.807) is 0 Å². The highest BCUT2D eigenvalue weighted by molar-refractivity contribution is 5.67. The molecule has 3 saturated heterocycles. The SMILES string of the molecule is CC(C)NC(=O)OC[C@H]1C[C@@H]2CCN1C[C@@H]2c1cc(-c2ccccc2)nn1C. The number of aryl methyl sites for hydroxylation is 1. The lowest BCUT2D eigenvalue weighted by molar-refractivity contribution is -0.00441. The fourth-order valence-electron chi connectivity index (χ4n) is 4.67. The summed E-state index contributed by atoms with van der Waals surface area (Å²) in [5.74, 6) is 1.11. The molecule has 4 atom stereocenters. The van der Waals surface area contributed by atoms with Crippen LogP contribution in [0.25, 0.3) is 11.3 Å². The van der Waals surface area contributed by atoms with Gasteiger partial charge in [0.05, 0.1) is 5.69 Å². The van der Waals surface area contributed by atoms with E-state index in [0.717, 1.165) is 30.8 Å².